The molecule has 1 unspecified atom stereocenters. The Morgan fingerprint density at radius 1 is 1.15 bits per heavy atom. The predicted molar refractivity (Wildman–Crippen MR) is 105 cm³/mol. The zero-order chi connectivity index (χ0) is 19.1. The van der Waals surface area contributed by atoms with E-state index in [-0.39, 0.29) is 5.91 Å². The monoisotopic (exact) mass is 362 g/mol. The van der Waals surface area contributed by atoms with Gasteiger partial charge in [-0.25, -0.2) is 0 Å². The molecule has 1 atom stereocenters. The fourth-order valence-corrected chi connectivity index (χ4v) is 3.76. The molecule has 1 aliphatic rings. The fraction of sp³-hybridized carbons (Fsp3) is 0.667. The zero-order valence-corrected chi connectivity index (χ0v) is 16.9. The number of amides is 1. The Morgan fingerprint density at radius 2 is 1.81 bits per heavy atom. The largest absolute Gasteiger partial charge is 0.493 e. The molecule has 1 aromatic carbocycles. The molecule has 0 saturated heterocycles. The number of methoxy groups -OCH3 is 2. The van der Waals surface area contributed by atoms with E-state index in [2.05, 4.69) is 43.1 Å². The quantitative estimate of drug-likeness (QED) is 0.733. The van der Waals surface area contributed by atoms with Gasteiger partial charge in [-0.15, -0.1) is 0 Å². The summed E-state index contributed by atoms with van der Waals surface area (Å²) in [6.45, 7) is 10.0. The van der Waals surface area contributed by atoms with Gasteiger partial charge >= 0.3 is 0 Å². The van der Waals surface area contributed by atoms with Crippen molar-refractivity contribution in [1.82, 2.24) is 10.2 Å². The van der Waals surface area contributed by atoms with Gasteiger partial charge in [0.25, 0.3) is 0 Å². The van der Waals surface area contributed by atoms with Crippen molar-refractivity contribution in [3.05, 3.63) is 23.3 Å². The normalized spacial score (nSPS) is 15.5. The Balaban J connectivity index is 1.80. The maximum atomic E-state index is 12.1. The molecule has 0 fully saturated rings. The minimum absolute atomic E-state index is 0.168. The summed E-state index contributed by atoms with van der Waals surface area (Å²) in [5, 5.41) is 3.07. The molecule has 1 aliphatic heterocycles. The lowest BCUT2D eigenvalue weighted by Gasteiger charge is -2.29. The number of nitrogens with zero attached hydrogens (tertiary/aromatic N) is 1. The first-order valence-corrected chi connectivity index (χ1v) is 9.65. The predicted octanol–water partition coefficient (Wildman–Crippen LogP) is 3.25. The van der Waals surface area contributed by atoms with Crippen LogP contribution in [0.15, 0.2) is 12.1 Å². The average Bonchev–Trinajstić information content (AvgIpc) is 2.59. The third-order valence-electron chi connectivity index (χ3n) is 4.95. The van der Waals surface area contributed by atoms with Crippen molar-refractivity contribution in [2.24, 2.45) is 11.8 Å². The summed E-state index contributed by atoms with van der Waals surface area (Å²) in [5.74, 6) is 2.83. The van der Waals surface area contributed by atoms with Crippen LogP contribution in [0.25, 0.3) is 0 Å². The number of hydrogen-bond donors (Lipinski definition) is 1. The summed E-state index contributed by atoms with van der Waals surface area (Å²) in [4.78, 5) is 14.5. The summed E-state index contributed by atoms with van der Waals surface area (Å²) >= 11 is 0. The molecule has 0 saturated carbocycles. The first-order chi connectivity index (χ1) is 12.4. The SMILES string of the molecule is COc1cc2c(cc1OC)CN(CCNC(=O)CC(C)CC(C)C)CC2. The molecule has 5 nitrogen and oxygen atoms in total. The highest BCUT2D eigenvalue weighted by molar-refractivity contribution is 5.76. The number of rotatable bonds is 9. The lowest BCUT2D eigenvalue weighted by Crippen LogP contribution is -2.38. The molecular formula is C21H34N2O3. The third-order valence-corrected chi connectivity index (χ3v) is 4.95. The molecule has 0 aromatic heterocycles. The number of nitrogens with one attached hydrogen (secondary N) is 1. The van der Waals surface area contributed by atoms with Gasteiger partial charge in [0.1, 0.15) is 0 Å². The second kappa shape index (κ2) is 9.81. The average molecular weight is 363 g/mol. The highest BCUT2D eigenvalue weighted by Gasteiger charge is 2.19. The second-order valence-corrected chi connectivity index (χ2v) is 7.79. The Kier molecular flexibility index (Phi) is 7.76. The third kappa shape index (κ3) is 5.90. The van der Waals surface area contributed by atoms with Gasteiger partial charge in [0.15, 0.2) is 11.5 Å². The molecule has 5 heteroatoms. The van der Waals surface area contributed by atoms with Crippen molar-refractivity contribution < 1.29 is 14.3 Å². The van der Waals surface area contributed by atoms with Crippen molar-refractivity contribution in [2.75, 3.05) is 33.9 Å². The molecule has 0 radical (unpaired) electrons. The van der Waals surface area contributed by atoms with E-state index in [4.69, 9.17) is 9.47 Å². The summed E-state index contributed by atoms with van der Waals surface area (Å²) in [5.41, 5.74) is 2.61. The molecule has 1 heterocycles. The molecule has 0 spiro atoms. The maximum absolute atomic E-state index is 12.1. The number of hydrogen-bond acceptors (Lipinski definition) is 4. The molecule has 0 bridgehead atoms. The van der Waals surface area contributed by atoms with E-state index in [1.807, 2.05) is 0 Å². The minimum atomic E-state index is 0.168. The summed E-state index contributed by atoms with van der Waals surface area (Å²) in [6, 6.07) is 4.16. The fourth-order valence-electron chi connectivity index (χ4n) is 3.76. The van der Waals surface area contributed by atoms with Gasteiger partial charge in [0.2, 0.25) is 5.91 Å². The Bertz CT molecular complexity index is 601. The second-order valence-electron chi connectivity index (χ2n) is 7.79. The maximum Gasteiger partial charge on any atom is 0.220 e. The Morgan fingerprint density at radius 3 is 2.42 bits per heavy atom. The van der Waals surface area contributed by atoms with E-state index >= 15 is 0 Å². The highest BCUT2D eigenvalue weighted by atomic mass is 16.5. The van der Waals surface area contributed by atoms with E-state index < -0.39 is 0 Å². The van der Waals surface area contributed by atoms with E-state index in [1.165, 1.54) is 11.1 Å². The van der Waals surface area contributed by atoms with Gasteiger partial charge < -0.3 is 14.8 Å². The van der Waals surface area contributed by atoms with Gasteiger partial charge in [-0.1, -0.05) is 20.8 Å². The van der Waals surface area contributed by atoms with Gasteiger partial charge in [0, 0.05) is 32.6 Å². The number of fused-ring (bicyclic) bond motifs is 1. The number of benzene rings is 1. The van der Waals surface area contributed by atoms with Crippen LogP contribution in [-0.2, 0) is 17.8 Å². The van der Waals surface area contributed by atoms with Crippen molar-refractivity contribution >= 4 is 5.91 Å². The first-order valence-electron chi connectivity index (χ1n) is 9.65. The van der Waals surface area contributed by atoms with Crippen LogP contribution in [0, 0.1) is 11.8 Å². The van der Waals surface area contributed by atoms with Crippen LogP contribution in [-0.4, -0.2) is 44.7 Å². The number of ether oxygens (including phenoxy) is 2. The summed E-state index contributed by atoms with van der Waals surface area (Å²) in [6.07, 6.45) is 2.72. The number of carbonyl (C=O) groups excluding carboxylic acids is 1. The summed E-state index contributed by atoms with van der Waals surface area (Å²) in [7, 11) is 3.34. The van der Waals surface area contributed by atoms with E-state index in [0.717, 1.165) is 44.0 Å². The van der Waals surface area contributed by atoms with E-state index in [1.54, 1.807) is 14.2 Å². The molecule has 26 heavy (non-hydrogen) atoms. The number of carbonyl (C=O) groups is 1. The van der Waals surface area contributed by atoms with Crippen LogP contribution < -0.4 is 14.8 Å². The lowest BCUT2D eigenvalue weighted by molar-refractivity contribution is -0.122. The Hall–Kier alpha value is -1.75. The molecule has 146 valence electrons. The van der Waals surface area contributed by atoms with Crippen LogP contribution in [0.4, 0.5) is 0 Å². The standard InChI is InChI=1S/C21H34N2O3/c1-15(2)10-16(3)11-21(24)22-7-9-23-8-6-17-12-19(25-4)20(26-5)13-18(17)14-23/h12-13,15-16H,6-11,14H2,1-5H3,(H,22,24). The molecule has 2 rings (SSSR count). The van der Waals surface area contributed by atoms with Gasteiger partial charge in [-0.3, -0.25) is 9.69 Å². The molecule has 1 aromatic rings. The molecular weight excluding hydrogens is 328 g/mol. The van der Waals surface area contributed by atoms with Gasteiger partial charge in [0.05, 0.1) is 14.2 Å². The van der Waals surface area contributed by atoms with Crippen molar-refractivity contribution in [3.63, 3.8) is 0 Å². The summed E-state index contributed by atoms with van der Waals surface area (Å²) < 4.78 is 10.8. The molecule has 1 amide bonds. The lowest BCUT2D eigenvalue weighted by atomic mass is 9.96. The van der Waals surface area contributed by atoms with E-state index in [0.29, 0.717) is 24.8 Å². The highest BCUT2D eigenvalue weighted by Crippen LogP contribution is 2.33. The zero-order valence-electron chi connectivity index (χ0n) is 16.9. The Labute approximate surface area is 158 Å². The van der Waals surface area contributed by atoms with Crippen molar-refractivity contribution in [1.29, 1.82) is 0 Å². The van der Waals surface area contributed by atoms with Crippen LogP contribution in [0.3, 0.4) is 0 Å². The van der Waals surface area contributed by atoms with Crippen LogP contribution >= 0.6 is 0 Å². The molecule has 1 N–H and O–H groups in total. The smallest absolute Gasteiger partial charge is 0.220 e. The van der Waals surface area contributed by atoms with Gasteiger partial charge in [-0.2, -0.15) is 0 Å². The van der Waals surface area contributed by atoms with Crippen LogP contribution in [0.5, 0.6) is 11.5 Å². The van der Waals surface area contributed by atoms with Crippen molar-refractivity contribution in [2.45, 2.75) is 46.6 Å². The van der Waals surface area contributed by atoms with E-state index in [9.17, 15) is 4.79 Å². The topological polar surface area (TPSA) is 50.8 Å². The van der Waals surface area contributed by atoms with Crippen molar-refractivity contribution in [3.8, 4) is 11.5 Å². The molecule has 0 aliphatic carbocycles. The first kappa shape index (κ1) is 20.6. The van der Waals surface area contributed by atoms with Crippen LogP contribution in [0.2, 0.25) is 0 Å². The minimum Gasteiger partial charge on any atom is -0.493 e. The van der Waals surface area contributed by atoms with Gasteiger partial charge in [-0.05, 0) is 47.9 Å². The van der Waals surface area contributed by atoms with Crippen LogP contribution in [0.1, 0.15) is 44.7 Å².